The molecule has 0 radical (unpaired) electrons. The maximum atomic E-state index is 11.7. The van der Waals surface area contributed by atoms with Crippen molar-refractivity contribution in [3.05, 3.63) is 23.8 Å². The number of benzene rings is 1. The molecule has 0 aliphatic heterocycles. The van der Waals surface area contributed by atoms with Gasteiger partial charge in [0.1, 0.15) is 12.4 Å². The summed E-state index contributed by atoms with van der Waals surface area (Å²) in [6.07, 6.45) is 0.853. The van der Waals surface area contributed by atoms with E-state index in [2.05, 4.69) is 0 Å². The molecule has 118 valence electrons. The fourth-order valence-corrected chi connectivity index (χ4v) is 1.64. The van der Waals surface area contributed by atoms with E-state index in [0.29, 0.717) is 50.0 Å². The van der Waals surface area contributed by atoms with Crippen LogP contribution >= 0.6 is 0 Å². The molecule has 21 heavy (non-hydrogen) atoms. The van der Waals surface area contributed by atoms with E-state index in [1.54, 1.807) is 32.2 Å². The third-order valence-corrected chi connectivity index (χ3v) is 2.65. The number of rotatable bonds is 10. The number of ether oxygens (including phenoxy) is 4. The van der Waals surface area contributed by atoms with Crippen LogP contribution in [-0.4, -0.2) is 46.1 Å². The second-order valence-corrected chi connectivity index (χ2v) is 4.28. The lowest BCUT2D eigenvalue weighted by Crippen LogP contribution is -2.11. The monoisotopic (exact) mass is 297 g/mol. The van der Waals surface area contributed by atoms with E-state index in [0.717, 1.165) is 6.42 Å². The molecule has 0 atom stereocenters. The molecule has 2 N–H and O–H groups in total. The molecule has 0 heterocycles. The molecule has 0 aliphatic carbocycles. The molecule has 0 amide bonds. The minimum Gasteiger partial charge on any atom is -0.491 e. The molecule has 1 aromatic rings. The zero-order valence-electron chi connectivity index (χ0n) is 12.6. The number of methoxy groups -OCH3 is 1. The highest BCUT2D eigenvalue weighted by molar-refractivity contribution is 5.95. The molecule has 1 aromatic carbocycles. The second kappa shape index (κ2) is 10.0. The van der Waals surface area contributed by atoms with Crippen LogP contribution in [0.15, 0.2) is 18.2 Å². The average molecular weight is 297 g/mol. The van der Waals surface area contributed by atoms with Gasteiger partial charge < -0.3 is 24.7 Å². The van der Waals surface area contributed by atoms with Crippen LogP contribution in [0.1, 0.15) is 23.7 Å². The maximum absolute atomic E-state index is 11.7. The van der Waals surface area contributed by atoms with Crippen molar-refractivity contribution in [2.75, 3.05) is 45.9 Å². The number of carbonyl (C=O) groups excluding carboxylic acids is 1. The first kappa shape index (κ1) is 17.3. The molecule has 6 nitrogen and oxygen atoms in total. The zero-order valence-corrected chi connectivity index (χ0v) is 12.6. The van der Waals surface area contributed by atoms with Gasteiger partial charge in [-0.05, 0) is 31.5 Å². The summed E-state index contributed by atoms with van der Waals surface area (Å²) in [7, 11) is 1.66. The van der Waals surface area contributed by atoms with Gasteiger partial charge in [0.05, 0.1) is 18.8 Å². The van der Waals surface area contributed by atoms with Gasteiger partial charge >= 0.3 is 5.97 Å². The third kappa shape index (κ3) is 6.46. The Morgan fingerprint density at radius 2 is 2.00 bits per heavy atom. The second-order valence-electron chi connectivity index (χ2n) is 4.28. The van der Waals surface area contributed by atoms with E-state index in [9.17, 15) is 4.79 Å². The van der Waals surface area contributed by atoms with E-state index >= 15 is 0 Å². The average Bonchev–Trinajstić information content (AvgIpc) is 2.48. The predicted octanol–water partition coefficient (Wildman–Crippen LogP) is 1.88. The van der Waals surface area contributed by atoms with Gasteiger partial charge in [-0.25, -0.2) is 4.79 Å². The molecule has 0 unspecified atom stereocenters. The summed E-state index contributed by atoms with van der Waals surface area (Å²) in [6.45, 7) is 4.24. The summed E-state index contributed by atoms with van der Waals surface area (Å²) in [4.78, 5) is 11.7. The predicted molar refractivity (Wildman–Crippen MR) is 79.6 cm³/mol. The molecule has 0 bridgehead atoms. The van der Waals surface area contributed by atoms with Crippen molar-refractivity contribution in [3.63, 3.8) is 0 Å². The van der Waals surface area contributed by atoms with Gasteiger partial charge in [-0.1, -0.05) is 0 Å². The Bertz CT molecular complexity index is 436. The first-order valence-electron chi connectivity index (χ1n) is 6.95. The van der Waals surface area contributed by atoms with Gasteiger partial charge in [-0.2, -0.15) is 0 Å². The molecule has 1 rings (SSSR count). The van der Waals surface area contributed by atoms with Crippen molar-refractivity contribution in [3.8, 4) is 5.75 Å². The van der Waals surface area contributed by atoms with Crippen LogP contribution < -0.4 is 10.5 Å². The number of esters is 1. The molecule has 0 fully saturated rings. The number of carbonyl (C=O) groups is 1. The Balaban J connectivity index is 2.38. The summed E-state index contributed by atoms with van der Waals surface area (Å²) < 4.78 is 20.7. The number of anilines is 1. The fourth-order valence-electron chi connectivity index (χ4n) is 1.64. The molecular weight excluding hydrogens is 274 g/mol. The van der Waals surface area contributed by atoms with Gasteiger partial charge in [-0.3, -0.25) is 0 Å². The lowest BCUT2D eigenvalue weighted by Gasteiger charge is -2.10. The quantitative estimate of drug-likeness (QED) is 0.403. The molecule has 6 heteroatoms. The summed E-state index contributed by atoms with van der Waals surface area (Å²) in [5, 5.41) is 0. The number of hydrogen-bond donors (Lipinski definition) is 1. The minimum absolute atomic E-state index is 0.304. The SMILES string of the molecule is CCOC(=O)c1cc(OCCOCCCOC)ccc1N. The van der Waals surface area contributed by atoms with E-state index in [1.807, 2.05) is 0 Å². The zero-order chi connectivity index (χ0) is 15.5. The van der Waals surface area contributed by atoms with Crippen LogP contribution in [0.25, 0.3) is 0 Å². The number of nitrogen functional groups attached to an aromatic ring is 1. The van der Waals surface area contributed by atoms with Crippen molar-refractivity contribution >= 4 is 11.7 Å². The Morgan fingerprint density at radius 3 is 2.71 bits per heavy atom. The molecular formula is C15H23NO5. The van der Waals surface area contributed by atoms with Crippen LogP contribution in [0.3, 0.4) is 0 Å². The normalized spacial score (nSPS) is 10.4. The van der Waals surface area contributed by atoms with Crippen molar-refractivity contribution < 1.29 is 23.7 Å². The highest BCUT2D eigenvalue weighted by Gasteiger charge is 2.11. The van der Waals surface area contributed by atoms with Crippen molar-refractivity contribution in [1.29, 1.82) is 0 Å². The van der Waals surface area contributed by atoms with E-state index in [-0.39, 0.29) is 0 Å². The van der Waals surface area contributed by atoms with Gasteiger partial charge in [0.2, 0.25) is 0 Å². The van der Waals surface area contributed by atoms with Crippen LogP contribution in [0.5, 0.6) is 5.75 Å². The molecule has 0 aliphatic rings. The lowest BCUT2D eigenvalue weighted by atomic mass is 10.2. The number of nitrogens with two attached hydrogens (primary N) is 1. The van der Waals surface area contributed by atoms with Gasteiger partial charge in [0.25, 0.3) is 0 Å². The standard InChI is InChI=1S/C15H23NO5/c1-3-20-15(17)13-11-12(5-6-14(13)16)21-10-9-19-8-4-7-18-2/h5-6,11H,3-4,7-10,16H2,1-2H3. The maximum Gasteiger partial charge on any atom is 0.340 e. The summed E-state index contributed by atoms with van der Waals surface area (Å²) in [5.74, 6) is 0.115. The fraction of sp³-hybridized carbons (Fsp3) is 0.533. The lowest BCUT2D eigenvalue weighted by molar-refractivity contribution is 0.0527. The largest absolute Gasteiger partial charge is 0.491 e. The summed E-state index contributed by atoms with van der Waals surface area (Å²) in [6, 6.07) is 4.92. The number of hydrogen-bond acceptors (Lipinski definition) is 6. The van der Waals surface area contributed by atoms with Gasteiger partial charge in [0, 0.05) is 26.0 Å². The van der Waals surface area contributed by atoms with Gasteiger partial charge in [0.15, 0.2) is 0 Å². The highest BCUT2D eigenvalue weighted by Crippen LogP contribution is 2.20. The topological polar surface area (TPSA) is 80.0 Å². The first-order chi connectivity index (χ1) is 10.2. The Kier molecular flexibility index (Phi) is 8.23. The first-order valence-corrected chi connectivity index (χ1v) is 6.95. The van der Waals surface area contributed by atoms with E-state index in [4.69, 9.17) is 24.7 Å². The molecule has 0 spiro atoms. The third-order valence-electron chi connectivity index (χ3n) is 2.65. The van der Waals surface area contributed by atoms with Crippen molar-refractivity contribution in [1.82, 2.24) is 0 Å². The van der Waals surface area contributed by atoms with Crippen LogP contribution in [0.4, 0.5) is 5.69 Å². The van der Waals surface area contributed by atoms with Crippen LogP contribution in [0.2, 0.25) is 0 Å². The van der Waals surface area contributed by atoms with E-state index in [1.165, 1.54) is 0 Å². The van der Waals surface area contributed by atoms with Crippen molar-refractivity contribution in [2.45, 2.75) is 13.3 Å². The Hall–Kier alpha value is -1.79. The van der Waals surface area contributed by atoms with Crippen LogP contribution in [-0.2, 0) is 14.2 Å². The smallest absolute Gasteiger partial charge is 0.340 e. The molecule has 0 saturated heterocycles. The summed E-state index contributed by atoms with van der Waals surface area (Å²) >= 11 is 0. The Labute approximate surface area is 125 Å². The molecule has 0 saturated carbocycles. The minimum atomic E-state index is -0.448. The molecule has 0 aromatic heterocycles. The van der Waals surface area contributed by atoms with Gasteiger partial charge in [-0.15, -0.1) is 0 Å². The summed E-state index contributed by atoms with van der Waals surface area (Å²) in [5.41, 5.74) is 6.44. The highest BCUT2D eigenvalue weighted by atomic mass is 16.5. The van der Waals surface area contributed by atoms with Crippen molar-refractivity contribution in [2.24, 2.45) is 0 Å². The Morgan fingerprint density at radius 1 is 1.19 bits per heavy atom. The van der Waals surface area contributed by atoms with E-state index < -0.39 is 5.97 Å². The van der Waals surface area contributed by atoms with Crippen LogP contribution in [0, 0.1) is 0 Å².